The van der Waals surface area contributed by atoms with Crippen molar-refractivity contribution in [2.24, 2.45) is 0 Å². The summed E-state index contributed by atoms with van der Waals surface area (Å²) in [5.74, 6) is 0.683. The highest BCUT2D eigenvalue weighted by molar-refractivity contribution is 7.13. The summed E-state index contributed by atoms with van der Waals surface area (Å²) in [5, 5.41) is 0.606. The minimum absolute atomic E-state index is 0.441. The first-order chi connectivity index (χ1) is 9.13. The minimum Gasteiger partial charge on any atom is -0.487 e. The van der Waals surface area contributed by atoms with Crippen molar-refractivity contribution in [3.63, 3.8) is 0 Å². The highest BCUT2D eigenvalue weighted by Gasteiger charge is 2.09. The average molecular weight is 295 g/mol. The van der Waals surface area contributed by atoms with Crippen molar-refractivity contribution in [2.45, 2.75) is 26.9 Å². The summed E-state index contributed by atoms with van der Waals surface area (Å²) in [4.78, 5) is 12.7. The number of hydrogen-bond acceptors (Lipinski definition) is 3. The average Bonchev–Trinajstić information content (AvgIpc) is 2.82. The van der Waals surface area contributed by atoms with Gasteiger partial charge in [0, 0.05) is 10.4 Å². The van der Waals surface area contributed by atoms with Gasteiger partial charge in [0.1, 0.15) is 12.4 Å². The SMILES string of the molecule is CCc1sc(C=O)cc1COc1cc(C)ccc1Cl. The fraction of sp³-hybridized carbons (Fsp3) is 0.267. The van der Waals surface area contributed by atoms with E-state index in [1.165, 1.54) is 16.2 Å². The highest BCUT2D eigenvalue weighted by atomic mass is 35.5. The van der Waals surface area contributed by atoms with Crippen LogP contribution in [0.3, 0.4) is 0 Å². The van der Waals surface area contributed by atoms with Gasteiger partial charge < -0.3 is 4.74 Å². The molecule has 0 atom stereocenters. The first kappa shape index (κ1) is 14.1. The number of thiophene rings is 1. The van der Waals surface area contributed by atoms with E-state index in [-0.39, 0.29) is 0 Å². The third kappa shape index (κ3) is 3.37. The maximum Gasteiger partial charge on any atom is 0.160 e. The first-order valence-electron chi connectivity index (χ1n) is 6.09. The van der Waals surface area contributed by atoms with Gasteiger partial charge >= 0.3 is 0 Å². The number of aryl methyl sites for hydroxylation is 2. The summed E-state index contributed by atoms with van der Waals surface area (Å²) in [6, 6.07) is 7.58. The van der Waals surface area contributed by atoms with Crippen molar-refractivity contribution in [2.75, 3.05) is 0 Å². The van der Waals surface area contributed by atoms with Crippen LogP contribution in [-0.2, 0) is 13.0 Å². The number of carbonyl (C=O) groups excluding carboxylic acids is 1. The largest absolute Gasteiger partial charge is 0.487 e. The summed E-state index contributed by atoms with van der Waals surface area (Å²) < 4.78 is 5.76. The zero-order valence-corrected chi connectivity index (χ0v) is 12.5. The van der Waals surface area contributed by atoms with Gasteiger partial charge in [-0.2, -0.15) is 0 Å². The summed E-state index contributed by atoms with van der Waals surface area (Å²) in [6.07, 6.45) is 1.78. The lowest BCUT2D eigenvalue weighted by Crippen LogP contribution is -1.97. The first-order valence-corrected chi connectivity index (χ1v) is 7.29. The molecular weight excluding hydrogens is 280 g/mol. The zero-order chi connectivity index (χ0) is 13.8. The lowest BCUT2D eigenvalue weighted by molar-refractivity contribution is 0.112. The van der Waals surface area contributed by atoms with Crippen LogP contribution in [-0.4, -0.2) is 6.29 Å². The van der Waals surface area contributed by atoms with Crippen molar-refractivity contribution in [3.05, 3.63) is 50.2 Å². The van der Waals surface area contributed by atoms with Crippen LogP contribution in [0.1, 0.15) is 32.6 Å². The second-order valence-electron chi connectivity index (χ2n) is 4.29. The maximum atomic E-state index is 10.8. The molecule has 0 unspecified atom stereocenters. The van der Waals surface area contributed by atoms with Gasteiger partial charge in [-0.05, 0) is 37.1 Å². The number of aldehydes is 1. The third-order valence-electron chi connectivity index (χ3n) is 2.82. The van der Waals surface area contributed by atoms with Crippen LogP contribution in [0.4, 0.5) is 0 Å². The molecule has 0 aliphatic carbocycles. The lowest BCUT2D eigenvalue weighted by atomic mass is 10.2. The molecule has 100 valence electrons. The number of benzene rings is 1. The van der Waals surface area contributed by atoms with Crippen LogP contribution in [0.2, 0.25) is 5.02 Å². The van der Waals surface area contributed by atoms with Gasteiger partial charge in [-0.3, -0.25) is 4.79 Å². The van der Waals surface area contributed by atoms with Crippen molar-refractivity contribution in [1.29, 1.82) is 0 Å². The van der Waals surface area contributed by atoms with Gasteiger partial charge in [0.25, 0.3) is 0 Å². The van der Waals surface area contributed by atoms with Crippen LogP contribution in [0.25, 0.3) is 0 Å². The summed E-state index contributed by atoms with van der Waals surface area (Å²) in [5.41, 5.74) is 2.17. The molecule has 2 nitrogen and oxygen atoms in total. The van der Waals surface area contributed by atoms with Gasteiger partial charge in [0.05, 0.1) is 9.90 Å². The Kier molecular flexibility index (Phi) is 4.61. The number of halogens is 1. The summed E-state index contributed by atoms with van der Waals surface area (Å²) in [6.45, 7) is 4.51. The van der Waals surface area contributed by atoms with E-state index >= 15 is 0 Å². The lowest BCUT2D eigenvalue weighted by Gasteiger charge is -2.09. The minimum atomic E-state index is 0.441. The van der Waals surface area contributed by atoms with Crippen LogP contribution in [0.5, 0.6) is 5.75 Å². The molecule has 1 aromatic carbocycles. The Morgan fingerprint density at radius 3 is 2.84 bits per heavy atom. The molecule has 1 heterocycles. The van der Waals surface area contributed by atoms with E-state index in [9.17, 15) is 4.79 Å². The topological polar surface area (TPSA) is 26.3 Å². The second kappa shape index (κ2) is 6.22. The predicted molar refractivity (Wildman–Crippen MR) is 79.6 cm³/mol. The van der Waals surface area contributed by atoms with Gasteiger partial charge in [-0.1, -0.05) is 24.6 Å². The number of carbonyl (C=O) groups is 1. The number of hydrogen-bond donors (Lipinski definition) is 0. The Morgan fingerprint density at radius 2 is 2.16 bits per heavy atom. The molecule has 2 aromatic rings. The zero-order valence-electron chi connectivity index (χ0n) is 10.9. The van der Waals surface area contributed by atoms with E-state index in [2.05, 4.69) is 6.92 Å². The van der Waals surface area contributed by atoms with E-state index in [1.54, 1.807) is 0 Å². The monoisotopic (exact) mass is 294 g/mol. The van der Waals surface area contributed by atoms with Gasteiger partial charge in [-0.25, -0.2) is 0 Å². The smallest absolute Gasteiger partial charge is 0.160 e. The molecule has 0 saturated carbocycles. The molecule has 0 N–H and O–H groups in total. The van der Waals surface area contributed by atoms with E-state index in [0.717, 1.165) is 28.7 Å². The molecule has 4 heteroatoms. The standard InChI is InChI=1S/C15H15ClO2S/c1-3-15-11(7-12(8-17)19-15)9-18-14-6-10(2)4-5-13(14)16/h4-8H,3,9H2,1-2H3. The molecule has 0 fully saturated rings. The fourth-order valence-corrected chi connectivity index (χ4v) is 2.94. The highest BCUT2D eigenvalue weighted by Crippen LogP contribution is 2.28. The summed E-state index contributed by atoms with van der Waals surface area (Å²) >= 11 is 7.61. The Morgan fingerprint density at radius 1 is 1.37 bits per heavy atom. The Balaban J connectivity index is 2.15. The fourth-order valence-electron chi connectivity index (χ4n) is 1.85. The Labute approximate surface area is 122 Å². The molecule has 0 aliphatic rings. The van der Waals surface area contributed by atoms with E-state index in [1.807, 2.05) is 31.2 Å². The molecule has 0 bridgehead atoms. The van der Waals surface area contributed by atoms with Crippen molar-refractivity contribution in [3.8, 4) is 5.75 Å². The van der Waals surface area contributed by atoms with Gasteiger partial charge in [0.2, 0.25) is 0 Å². The molecule has 0 aliphatic heterocycles. The Bertz CT molecular complexity index is 590. The van der Waals surface area contributed by atoms with E-state index in [0.29, 0.717) is 17.4 Å². The Hall–Kier alpha value is -1.32. The van der Waals surface area contributed by atoms with Crippen LogP contribution >= 0.6 is 22.9 Å². The molecule has 0 radical (unpaired) electrons. The van der Waals surface area contributed by atoms with E-state index < -0.39 is 0 Å². The normalized spacial score (nSPS) is 10.5. The molecule has 0 amide bonds. The van der Waals surface area contributed by atoms with Crippen molar-refractivity contribution >= 4 is 29.2 Å². The second-order valence-corrected chi connectivity index (χ2v) is 5.87. The quantitative estimate of drug-likeness (QED) is 0.749. The number of rotatable bonds is 5. The molecule has 2 rings (SSSR count). The van der Waals surface area contributed by atoms with Crippen LogP contribution in [0, 0.1) is 6.92 Å². The molecule has 19 heavy (non-hydrogen) atoms. The van der Waals surface area contributed by atoms with Gasteiger partial charge in [-0.15, -0.1) is 11.3 Å². The van der Waals surface area contributed by atoms with Crippen molar-refractivity contribution < 1.29 is 9.53 Å². The van der Waals surface area contributed by atoms with Crippen LogP contribution < -0.4 is 4.74 Å². The molecule has 0 saturated heterocycles. The van der Waals surface area contributed by atoms with E-state index in [4.69, 9.17) is 16.3 Å². The molecule has 1 aromatic heterocycles. The summed E-state index contributed by atoms with van der Waals surface area (Å²) in [7, 11) is 0. The van der Waals surface area contributed by atoms with Crippen LogP contribution in [0.15, 0.2) is 24.3 Å². The van der Waals surface area contributed by atoms with Crippen molar-refractivity contribution in [1.82, 2.24) is 0 Å². The molecule has 0 spiro atoms. The number of ether oxygens (including phenoxy) is 1. The molecular formula is C15H15ClO2S. The predicted octanol–water partition coefficient (Wildman–Crippen LogP) is 4.66. The maximum absolute atomic E-state index is 10.8. The van der Waals surface area contributed by atoms with Gasteiger partial charge in [0.15, 0.2) is 6.29 Å². The third-order valence-corrected chi connectivity index (χ3v) is 4.38.